The lowest BCUT2D eigenvalue weighted by atomic mass is 10.3. The molecule has 0 aliphatic carbocycles. The molecule has 0 atom stereocenters. The molecular formula is C11H22O5. The van der Waals surface area contributed by atoms with Gasteiger partial charge in [-0.3, -0.25) is 9.59 Å². The van der Waals surface area contributed by atoms with Gasteiger partial charge in [0.15, 0.2) is 0 Å². The Morgan fingerprint density at radius 2 is 1.50 bits per heavy atom. The molecule has 0 aromatic rings. The second kappa shape index (κ2) is 14.1. The maximum atomic E-state index is 10.5. The maximum Gasteiger partial charge on any atom is 0.308 e. The van der Waals surface area contributed by atoms with Gasteiger partial charge in [-0.1, -0.05) is 0 Å². The highest BCUT2D eigenvalue weighted by molar-refractivity contribution is 5.75. The van der Waals surface area contributed by atoms with Gasteiger partial charge in [0.05, 0.1) is 26.2 Å². The van der Waals surface area contributed by atoms with Crippen LogP contribution < -0.4 is 0 Å². The van der Waals surface area contributed by atoms with Crippen molar-refractivity contribution < 1.29 is 23.8 Å². The van der Waals surface area contributed by atoms with Crippen molar-refractivity contribution in [1.82, 2.24) is 0 Å². The van der Waals surface area contributed by atoms with Crippen LogP contribution >= 0.6 is 0 Å². The van der Waals surface area contributed by atoms with Crippen molar-refractivity contribution in [3.63, 3.8) is 0 Å². The van der Waals surface area contributed by atoms with Crippen LogP contribution in [-0.2, 0) is 23.8 Å². The summed E-state index contributed by atoms with van der Waals surface area (Å²) < 4.78 is 13.9. The van der Waals surface area contributed by atoms with Gasteiger partial charge in [0.25, 0.3) is 0 Å². The molecule has 0 aliphatic heterocycles. The van der Waals surface area contributed by atoms with Crippen LogP contribution in [0.5, 0.6) is 0 Å². The molecule has 0 heterocycles. The van der Waals surface area contributed by atoms with Gasteiger partial charge in [0.2, 0.25) is 0 Å². The minimum atomic E-state index is -0.195. The van der Waals surface area contributed by atoms with E-state index in [2.05, 4.69) is 14.2 Å². The third-order valence-corrected chi connectivity index (χ3v) is 1.47. The van der Waals surface area contributed by atoms with Crippen molar-refractivity contribution in [1.29, 1.82) is 0 Å². The van der Waals surface area contributed by atoms with Crippen LogP contribution in [0.15, 0.2) is 0 Å². The first-order valence-corrected chi connectivity index (χ1v) is 5.21. The molecule has 5 nitrogen and oxygen atoms in total. The molecule has 0 rings (SSSR count). The van der Waals surface area contributed by atoms with E-state index in [1.165, 1.54) is 0 Å². The zero-order chi connectivity index (χ0) is 12.8. The lowest BCUT2D eigenvalue weighted by Crippen LogP contribution is -2.06. The molecule has 0 aromatic carbocycles. The van der Waals surface area contributed by atoms with E-state index in [1.54, 1.807) is 28.1 Å². The van der Waals surface area contributed by atoms with Crippen LogP contribution in [0.1, 0.15) is 26.7 Å². The highest BCUT2D eigenvalue weighted by Crippen LogP contribution is 1.85. The largest absolute Gasteiger partial charge is 0.466 e. The number of rotatable bonds is 7. The smallest absolute Gasteiger partial charge is 0.308 e. The highest BCUT2D eigenvalue weighted by atomic mass is 16.5. The highest BCUT2D eigenvalue weighted by Gasteiger charge is 1.97. The van der Waals surface area contributed by atoms with Gasteiger partial charge >= 0.3 is 5.97 Å². The summed E-state index contributed by atoms with van der Waals surface area (Å²) >= 11 is 0. The summed E-state index contributed by atoms with van der Waals surface area (Å²) in [5, 5.41) is 0. The Morgan fingerprint density at radius 1 is 1.00 bits per heavy atom. The van der Waals surface area contributed by atoms with Gasteiger partial charge in [0, 0.05) is 20.6 Å². The number of ketones is 1. The normalized spacial score (nSPS) is 9.00. The fourth-order valence-electron chi connectivity index (χ4n) is 0.664. The standard InChI is InChI=1S/C6H12O3.C5H10O2/c1-3-9-6(7)4-5-8-2;1-5(6)3-4-7-2/h3-5H2,1-2H3;3-4H2,1-2H3. The predicted molar refractivity (Wildman–Crippen MR) is 60.3 cm³/mol. The molecule has 0 aliphatic rings. The summed E-state index contributed by atoms with van der Waals surface area (Å²) in [6.45, 7) is 4.78. The number of Topliss-reactive ketones (excluding diaryl/α,β-unsaturated/α-hetero) is 1. The number of hydrogen-bond donors (Lipinski definition) is 0. The maximum absolute atomic E-state index is 10.5. The molecule has 96 valence electrons. The van der Waals surface area contributed by atoms with Crippen molar-refractivity contribution in [2.75, 3.05) is 34.0 Å². The molecule has 0 fully saturated rings. The molecule has 0 aromatic heterocycles. The SMILES string of the molecule is CCOC(=O)CCOC.COCCC(C)=O. The van der Waals surface area contributed by atoms with Crippen molar-refractivity contribution >= 4 is 11.8 Å². The van der Waals surface area contributed by atoms with E-state index < -0.39 is 0 Å². The molecular weight excluding hydrogens is 212 g/mol. The van der Waals surface area contributed by atoms with Gasteiger partial charge in [-0.2, -0.15) is 0 Å². The van der Waals surface area contributed by atoms with Crippen molar-refractivity contribution in [3.05, 3.63) is 0 Å². The Hall–Kier alpha value is -0.940. The summed E-state index contributed by atoms with van der Waals surface area (Å²) in [5.41, 5.74) is 0. The number of esters is 1. The molecule has 16 heavy (non-hydrogen) atoms. The molecule has 0 unspecified atom stereocenters. The Kier molecular flexibility index (Phi) is 15.3. The van der Waals surface area contributed by atoms with E-state index in [-0.39, 0.29) is 11.8 Å². The molecule has 0 saturated carbocycles. The molecule has 0 amide bonds. The van der Waals surface area contributed by atoms with E-state index in [1.807, 2.05) is 0 Å². The van der Waals surface area contributed by atoms with Gasteiger partial charge in [-0.25, -0.2) is 0 Å². The molecule has 0 spiro atoms. The third-order valence-electron chi connectivity index (χ3n) is 1.47. The van der Waals surface area contributed by atoms with E-state index in [4.69, 9.17) is 0 Å². The van der Waals surface area contributed by atoms with Gasteiger partial charge < -0.3 is 14.2 Å². The average Bonchev–Trinajstić information content (AvgIpc) is 2.25. The van der Waals surface area contributed by atoms with Gasteiger partial charge in [0.1, 0.15) is 5.78 Å². The van der Waals surface area contributed by atoms with E-state index in [0.29, 0.717) is 32.7 Å². The van der Waals surface area contributed by atoms with E-state index in [9.17, 15) is 9.59 Å². The first-order valence-electron chi connectivity index (χ1n) is 5.21. The summed E-state index contributed by atoms with van der Waals surface area (Å²) in [4.78, 5) is 20.6. The Labute approximate surface area is 97.1 Å². The minimum absolute atomic E-state index is 0.182. The Bertz CT molecular complexity index is 179. The number of carbonyl (C=O) groups excluding carboxylic acids is 2. The monoisotopic (exact) mass is 234 g/mol. The quantitative estimate of drug-likeness (QED) is 0.619. The number of carbonyl (C=O) groups is 2. The molecule has 5 heteroatoms. The van der Waals surface area contributed by atoms with Gasteiger partial charge in [-0.05, 0) is 13.8 Å². The van der Waals surface area contributed by atoms with Crippen LogP contribution in [-0.4, -0.2) is 45.8 Å². The number of ether oxygens (including phenoxy) is 3. The van der Waals surface area contributed by atoms with Gasteiger partial charge in [-0.15, -0.1) is 0 Å². The third kappa shape index (κ3) is 18.8. The molecule has 0 radical (unpaired) electrons. The van der Waals surface area contributed by atoms with Crippen LogP contribution in [0.4, 0.5) is 0 Å². The zero-order valence-electron chi connectivity index (χ0n) is 10.6. The van der Waals surface area contributed by atoms with Crippen molar-refractivity contribution in [2.24, 2.45) is 0 Å². The van der Waals surface area contributed by atoms with Crippen molar-refractivity contribution in [3.8, 4) is 0 Å². The summed E-state index contributed by atoms with van der Waals surface area (Å²) in [6, 6.07) is 0. The van der Waals surface area contributed by atoms with Crippen molar-refractivity contribution in [2.45, 2.75) is 26.7 Å². The van der Waals surface area contributed by atoms with Crippen LogP contribution in [0, 0.1) is 0 Å². The second-order valence-electron chi connectivity index (χ2n) is 2.99. The van der Waals surface area contributed by atoms with E-state index in [0.717, 1.165) is 0 Å². The van der Waals surface area contributed by atoms with Crippen LogP contribution in [0.25, 0.3) is 0 Å². The zero-order valence-corrected chi connectivity index (χ0v) is 10.6. The fraction of sp³-hybridized carbons (Fsp3) is 0.818. The Morgan fingerprint density at radius 3 is 1.81 bits per heavy atom. The summed E-state index contributed by atoms with van der Waals surface area (Å²) in [7, 11) is 3.14. The fourth-order valence-corrected chi connectivity index (χ4v) is 0.664. The van der Waals surface area contributed by atoms with Crippen LogP contribution in [0.3, 0.4) is 0 Å². The average molecular weight is 234 g/mol. The van der Waals surface area contributed by atoms with E-state index >= 15 is 0 Å². The summed E-state index contributed by atoms with van der Waals surface area (Å²) in [6.07, 6.45) is 0.890. The first kappa shape index (κ1) is 17.5. The molecule has 0 bridgehead atoms. The molecule has 0 saturated heterocycles. The predicted octanol–water partition coefficient (Wildman–Crippen LogP) is 1.20. The molecule has 0 N–H and O–H groups in total. The minimum Gasteiger partial charge on any atom is -0.466 e. The topological polar surface area (TPSA) is 61.8 Å². The van der Waals surface area contributed by atoms with Crippen LogP contribution in [0.2, 0.25) is 0 Å². The summed E-state index contributed by atoms with van der Waals surface area (Å²) in [5.74, 6) is -0.0128. The lowest BCUT2D eigenvalue weighted by Gasteiger charge is -1.98. The number of methoxy groups -OCH3 is 2. The Balaban J connectivity index is 0. The lowest BCUT2D eigenvalue weighted by molar-refractivity contribution is -0.144. The second-order valence-corrected chi connectivity index (χ2v) is 2.99. The first-order chi connectivity index (χ1) is 7.58. The number of hydrogen-bond acceptors (Lipinski definition) is 5.